The number of rotatable bonds is 5. The zero-order valence-electron chi connectivity index (χ0n) is 15.5. The number of nitrogens with one attached hydrogen (secondary N) is 1. The Hall–Kier alpha value is -2.69. The standard InChI is InChI=1S/C17H21FN4O5S/c1-17(18,28(24,25)13-3-4-15(26-2)19-11-13)12-5-8-22(9-6-12)16(23)20-14-7-10-27-21-14/h3-4,7,10-12H,5-6,8-9H2,1-2H3,(H,20,21,23)/t17-/m0/s1. The number of anilines is 1. The molecule has 28 heavy (non-hydrogen) atoms. The van der Waals surface area contributed by atoms with Crippen LogP contribution in [0, 0.1) is 5.92 Å². The van der Waals surface area contributed by atoms with Crippen molar-refractivity contribution in [1.29, 1.82) is 0 Å². The third kappa shape index (κ3) is 3.79. The van der Waals surface area contributed by atoms with Gasteiger partial charge in [-0.3, -0.25) is 5.32 Å². The number of hydrogen-bond acceptors (Lipinski definition) is 7. The molecule has 1 N–H and O–H groups in total. The second kappa shape index (κ2) is 7.74. The minimum absolute atomic E-state index is 0.204. The SMILES string of the molecule is COc1ccc(S(=O)(=O)[C@](C)(F)C2CCN(C(=O)Nc3ccon3)CC2)cn1. The van der Waals surface area contributed by atoms with Gasteiger partial charge in [0.25, 0.3) is 0 Å². The fraction of sp³-hybridized carbons (Fsp3) is 0.471. The summed E-state index contributed by atoms with van der Waals surface area (Å²) in [5, 5.41) is 3.67. The van der Waals surface area contributed by atoms with Crippen LogP contribution in [0.5, 0.6) is 5.88 Å². The summed E-state index contributed by atoms with van der Waals surface area (Å²) in [5.41, 5.74) is 0. The molecule has 1 aliphatic heterocycles. The Morgan fingerprint density at radius 3 is 2.61 bits per heavy atom. The minimum atomic E-state index is -4.27. The molecule has 0 aliphatic carbocycles. The lowest BCUT2D eigenvalue weighted by Gasteiger charge is -2.37. The van der Waals surface area contributed by atoms with Gasteiger partial charge < -0.3 is 14.2 Å². The first kappa shape index (κ1) is 20.1. The zero-order chi connectivity index (χ0) is 20.4. The highest BCUT2D eigenvalue weighted by Gasteiger charge is 2.48. The van der Waals surface area contributed by atoms with E-state index >= 15 is 4.39 Å². The Labute approximate surface area is 161 Å². The van der Waals surface area contributed by atoms with Crippen LogP contribution in [0.1, 0.15) is 19.8 Å². The number of amides is 2. The van der Waals surface area contributed by atoms with Gasteiger partial charge in [-0.15, -0.1) is 0 Å². The Morgan fingerprint density at radius 1 is 1.36 bits per heavy atom. The summed E-state index contributed by atoms with van der Waals surface area (Å²) >= 11 is 0. The molecule has 2 aromatic heterocycles. The summed E-state index contributed by atoms with van der Waals surface area (Å²) in [6, 6.07) is 3.76. The first-order valence-electron chi connectivity index (χ1n) is 8.65. The number of urea groups is 1. The van der Waals surface area contributed by atoms with Crippen LogP contribution in [0.2, 0.25) is 0 Å². The number of aromatic nitrogens is 2. The topological polar surface area (TPSA) is 115 Å². The van der Waals surface area contributed by atoms with Gasteiger partial charge in [0.2, 0.25) is 20.7 Å². The molecule has 1 fully saturated rings. The second-order valence-electron chi connectivity index (χ2n) is 6.60. The van der Waals surface area contributed by atoms with Crippen molar-refractivity contribution in [2.24, 2.45) is 5.92 Å². The molecule has 1 saturated heterocycles. The van der Waals surface area contributed by atoms with Gasteiger partial charge in [0.1, 0.15) is 6.26 Å². The molecule has 1 atom stereocenters. The summed E-state index contributed by atoms with van der Waals surface area (Å²) in [7, 11) is -2.86. The molecule has 0 aromatic carbocycles. The predicted octanol–water partition coefficient (Wildman–Crippen LogP) is 2.48. The Balaban J connectivity index is 1.66. The molecule has 3 rings (SSSR count). The van der Waals surface area contributed by atoms with Crippen molar-refractivity contribution in [3.05, 3.63) is 30.7 Å². The highest BCUT2D eigenvalue weighted by Crippen LogP contribution is 2.39. The highest BCUT2D eigenvalue weighted by molar-refractivity contribution is 7.92. The van der Waals surface area contributed by atoms with E-state index in [-0.39, 0.29) is 42.5 Å². The van der Waals surface area contributed by atoms with Gasteiger partial charge in [0.15, 0.2) is 5.82 Å². The maximum absolute atomic E-state index is 15.5. The van der Waals surface area contributed by atoms with Crippen molar-refractivity contribution in [1.82, 2.24) is 15.0 Å². The fourth-order valence-electron chi connectivity index (χ4n) is 3.16. The number of likely N-dealkylation sites (tertiary alicyclic amines) is 1. The zero-order valence-corrected chi connectivity index (χ0v) is 16.3. The average Bonchev–Trinajstić information content (AvgIpc) is 3.21. The van der Waals surface area contributed by atoms with Crippen LogP contribution < -0.4 is 10.1 Å². The molecule has 0 unspecified atom stereocenters. The smallest absolute Gasteiger partial charge is 0.323 e. The van der Waals surface area contributed by atoms with Gasteiger partial charge in [-0.2, -0.15) is 0 Å². The van der Waals surface area contributed by atoms with E-state index in [1.54, 1.807) is 0 Å². The number of pyridine rings is 1. The molecule has 1 aliphatic rings. The third-order valence-electron chi connectivity index (χ3n) is 4.94. The summed E-state index contributed by atoms with van der Waals surface area (Å²) in [6.07, 6.45) is 2.84. The molecular weight excluding hydrogens is 391 g/mol. The summed E-state index contributed by atoms with van der Waals surface area (Å²) in [4.78, 5) is 17.3. The van der Waals surface area contributed by atoms with Gasteiger partial charge in [-0.1, -0.05) is 5.16 Å². The number of methoxy groups -OCH3 is 1. The van der Waals surface area contributed by atoms with Crippen LogP contribution >= 0.6 is 0 Å². The quantitative estimate of drug-likeness (QED) is 0.802. The molecule has 3 heterocycles. The molecular formula is C17H21FN4O5S. The van der Waals surface area contributed by atoms with Crippen LogP contribution in [-0.2, 0) is 9.84 Å². The number of hydrogen-bond donors (Lipinski definition) is 1. The van der Waals surface area contributed by atoms with Gasteiger partial charge >= 0.3 is 6.03 Å². The normalized spacial score (nSPS) is 17.8. The van der Waals surface area contributed by atoms with Crippen LogP contribution in [0.4, 0.5) is 15.0 Å². The molecule has 0 bridgehead atoms. The lowest BCUT2D eigenvalue weighted by molar-refractivity contribution is 0.117. The number of halogens is 1. The van der Waals surface area contributed by atoms with E-state index in [1.807, 2.05) is 0 Å². The van der Waals surface area contributed by atoms with Crippen LogP contribution in [-0.4, -0.2) is 54.7 Å². The van der Waals surface area contributed by atoms with E-state index in [0.29, 0.717) is 0 Å². The minimum Gasteiger partial charge on any atom is -0.481 e. The largest absolute Gasteiger partial charge is 0.481 e. The van der Waals surface area contributed by atoms with Crippen molar-refractivity contribution in [3.63, 3.8) is 0 Å². The summed E-state index contributed by atoms with van der Waals surface area (Å²) in [5.74, 6) is -0.237. The van der Waals surface area contributed by atoms with Crippen molar-refractivity contribution < 1.29 is 26.9 Å². The van der Waals surface area contributed by atoms with Gasteiger partial charge in [0, 0.05) is 37.3 Å². The summed E-state index contributed by atoms with van der Waals surface area (Å²) < 4.78 is 50.6. The van der Waals surface area contributed by atoms with Crippen molar-refractivity contribution in [2.75, 3.05) is 25.5 Å². The predicted molar refractivity (Wildman–Crippen MR) is 97.3 cm³/mol. The molecule has 11 heteroatoms. The molecule has 2 aromatic rings. The third-order valence-corrected chi connectivity index (χ3v) is 7.18. The Bertz CT molecular complexity index is 908. The number of alkyl halides is 1. The van der Waals surface area contributed by atoms with E-state index in [9.17, 15) is 13.2 Å². The molecule has 0 saturated carbocycles. The Kier molecular flexibility index (Phi) is 5.54. The van der Waals surface area contributed by atoms with Crippen molar-refractivity contribution >= 4 is 21.7 Å². The van der Waals surface area contributed by atoms with Crippen LogP contribution in [0.25, 0.3) is 0 Å². The van der Waals surface area contributed by atoms with E-state index in [4.69, 9.17) is 4.74 Å². The second-order valence-corrected chi connectivity index (χ2v) is 8.88. The lowest BCUT2D eigenvalue weighted by Crippen LogP contribution is -2.48. The average molecular weight is 412 g/mol. The van der Waals surface area contributed by atoms with Crippen molar-refractivity contribution in [2.45, 2.75) is 29.7 Å². The van der Waals surface area contributed by atoms with Crippen LogP contribution in [0.3, 0.4) is 0 Å². The number of nitrogens with zero attached hydrogens (tertiary/aromatic N) is 3. The Morgan fingerprint density at radius 2 is 2.07 bits per heavy atom. The molecule has 2 amide bonds. The van der Waals surface area contributed by atoms with Crippen LogP contribution in [0.15, 0.2) is 40.1 Å². The number of ether oxygens (including phenoxy) is 1. The summed E-state index contributed by atoms with van der Waals surface area (Å²) in [6.45, 7) is 1.52. The molecule has 9 nitrogen and oxygen atoms in total. The molecule has 0 spiro atoms. The van der Waals surface area contributed by atoms with Gasteiger partial charge in [-0.05, 0) is 25.8 Å². The number of sulfone groups is 1. The molecule has 152 valence electrons. The lowest BCUT2D eigenvalue weighted by atomic mass is 9.92. The highest BCUT2D eigenvalue weighted by atomic mass is 32.2. The van der Waals surface area contributed by atoms with E-state index in [2.05, 4.69) is 20.0 Å². The van der Waals surface area contributed by atoms with Gasteiger partial charge in [-0.25, -0.2) is 22.6 Å². The van der Waals surface area contributed by atoms with E-state index in [1.165, 1.54) is 36.5 Å². The monoisotopic (exact) mass is 412 g/mol. The maximum Gasteiger partial charge on any atom is 0.323 e. The maximum atomic E-state index is 15.5. The molecule has 0 radical (unpaired) electrons. The first-order valence-corrected chi connectivity index (χ1v) is 10.1. The number of piperidine rings is 1. The van der Waals surface area contributed by atoms with Gasteiger partial charge in [0.05, 0.1) is 12.0 Å². The number of carbonyl (C=O) groups is 1. The van der Waals surface area contributed by atoms with E-state index in [0.717, 1.165) is 13.1 Å². The van der Waals surface area contributed by atoms with E-state index < -0.39 is 26.8 Å². The first-order chi connectivity index (χ1) is 13.3. The van der Waals surface area contributed by atoms with Crippen molar-refractivity contribution in [3.8, 4) is 5.88 Å². The number of carbonyl (C=O) groups excluding carboxylic acids is 1. The fourth-order valence-corrected chi connectivity index (χ4v) is 4.73.